The first-order valence-corrected chi connectivity index (χ1v) is 10.8. The van der Waals surface area contributed by atoms with E-state index in [-0.39, 0.29) is 6.04 Å². The van der Waals surface area contributed by atoms with Crippen LogP contribution in [0, 0.1) is 11.6 Å². The van der Waals surface area contributed by atoms with Gasteiger partial charge in [-0.3, -0.25) is 4.90 Å². The molecule has 3 aromatic rings. The number of hydrogen-bond donors (Lipinski definition) is 0. The van der Waals surface area contributed by atoms with E-state index in [0.29, 0.717) is 18.1 Å². The molecule has 1 saturated heterocycles. The van der Waals surface area contributed by atoms with Gasteiger partial charge in [0.25, 0.3) is 0 Å². The number of ether oxygens (including phenoxy) is 2. The largest absolute Gasteiger partial charge is 0.497 e. The van der Waals surface area contributed by atoms with Gasteiger partial charge in [-0.05, 0) is 47.5 Å². The number of nitrogens with zero attached hydrogens (tertiary/aromatic N) is 2. The molecule has 0 bridgehead atoms. The lowest BCUT2D eigenvalue weighted by molar-refractivity contribution is 0.214. The number of hydrogen-bond acceptors (Lipinski definition) is 4. The summed E-state index contributed by atoms with van der Waals surface area (Å²) in [7, 11) is 3.27. The Balaban J connectivity index is 1.64. The van der Waals surface area contributed by atoms with Gasteiger partial charge in [0.15, 0.2) is 11.6 Å². The summed E-state index contributed by atoms with van der Waals surface area (Å²) >= 11 is 6.12. The summed E-state index contributed by atoms with van der Waals surface area (Å²) in [5, 5.41) is 0.678. The molecule has 1 atom stereocenters. The summed E-state index contributed by atoms with van der Waals surface area (Å²) in [4.78, 5) is 4.56. The number of anilines is 1. The van der Waals surface area contributed by atoms with Crippen molar-refractivity contribution in [2.75, 3.05) is 38.8 Å². The van der Waals surface area contributed by atoms with Crippen LogP contribution in [0.4, 0.5) is 14.5 Å². The highest BCUT2D eigenvalue weighted by molar-refractivity contribution is 6.30. The van der Waals surface area contributed by atoms with Crippen LogP contribution in [0.5, 0.6) is 11.5 Å². The van der Waals surface area contributed by atoms with Gasteiger partial charge in [0.05, 0.1) is 25.9 Å². The Kier molecular flexibility index (Phi) is 6.82. The standard InChI is InChI=1S/C25H25ClF2N2O2/c1-31-20-8-10-23(25(14-20)32-2)30-12-11-29(15-17-3-9-21(27)22(28)13-17)16-24(30)18-4-6-19(26)7-5-18/h3-10,13-14,24H,11-12,15-16H2,1-2H3. The second-order valence-electron chi connectivity index (χ2n) is 7.78. The monoisotopic (exact) mass is 458 g/mol. The third-order valence-electron chi connectivity index (χ3n) is 5.81. The van der Waals surface area contributed by atoms with E-state index >= 15 is 0 Å². The normalized spacial score (nSPS) is 16.8. The smallest absolute Gasteiger partial charge is 0.159 e. The van der Waals surface area contributed by atoms with Crippen LogP contribution in [0.1, 0.15) is 17.2 Å². The summed E-state index contributed by atoms with van der Waals surface area (Å²) in [6, 6.07) is 17.7. The van der Waals surface area contributed by atoms with Crippen LogP contribution in [0.15, 0.2) is 60.7 Å². The second-order valence-corrected chi connectivity index (χ2v) is 8.22. The minimum Gasteiger partial charge on any atom is -0.497 e. The molecular formula is C25H25ClF2N2O2. The minimum absolute atomic E-state index is 0.0219. The Bertz CT molecular complexity index is 1080. The third kappa shape index (κ3) is 4.81. The van der Waals surface area contributed by atoms with Crippen molar-refractivity contribution >= 4 is 17.3 Å². The molecule has 0 N–H and O–H groups in total. The maximum Gasteiger partial charge on any atom is 0.159 e. The first-order chi connectivity index (χ1) is 15.5. The zero-order chi connectivity index (χ0) is 22.7. The van der Waals surface area contributed by atoms with Gasteiger partial charge in [0, 0.05) is 37.3 Å². The average Bonchev–Trinajstić information content (AvgIpc) is 2.81. The molecule has 1 aliphatic rings. The van der Waals surface area contributed by atoms with Crippen LogP contribution in [-0.2, 0) is 6.54 Å². The maximum absolute atomic E-state index is 13.7. The van der Waals surface area contributed by atoms with E-state index in [1.165, 1.54) is 12.1 Å². The zero-order valence-electron chi connectivity index (χ0n) is 18.0. The number of rotatable bonds is 6. The maximum atomic E-state index is 13.7. The van der Waals surface area contributed by atoms with Crippen LogP contribution in [0.25, 0.3) is 0 Å². The fourth-order valence-electron chi connectivity index (χ4n) is 4.16. The average molecular weight is 459 g/mol. The van der Waals surface area contributed by atoms with Gasteiger partial charge in [0.2, 0.25) is 0 Å². The molecule has 4 rings (SSSR count). The molecule has 0 spiro atoms. The topological polar surface area (TPSA) is 24.9 Å². The second kappa shape index (κ2) is 9.76. The fourth-order valence-corrected chi connectivity index (χ4v) is 4.29. The molecule has 0 saturated carbocycles. The van der Waals surface area contributed by atoms with Crippen LogP contribution < -0.4 is 14.4 Å². The van der Waals surface area contributed by atoms with Gasteiger partial charge in [0.1, 0.15) is 11.5 Å². The summed E-state index contributed by atoms with van der Waals surface area (Å²) < 4.78 is 38.0. The molecule has 1 aliphatic heterocycles. The summed E-state index contributed by atoms with van der Waals surface area (Å²) in [6.07, 6.45) is 0. The lowest BCUT2D eigenvalue weighted by Gasteiger charge is -2.43. The quantitative estimate of drug-likeness (QED) is 0.473. The summed E-state index contributed by atoms with van der Waals surface area (Å²) in [6.45, 7) is 2.74. The predicted octanol–water partition coefficient (Wildman–Crippen LogP) is 5.70. The SMILES string of the molecule is COc1ccc(N2CCN(Cc3ccc(F)c(F)c3)CC2c2ccc(Cl)cc2)c(OC)c1. The van der Waals surface area contributed by atoms with Crippen molar-refractivity contribution in [1.82, 2.24) is 4.90 Å². The molecule has 0 aromatic heterocycles. The lowest BCUT2D eigenvalue weighted by atomic mass is 10.0. The number of methoxy groups -OCH3 is 2. The van der Waals surface area contributed by atoms with E-state index in [0.717, 1.165) is 41.4 Å². The van der Waals surface area contributed by atoms with E-state index in [2.05, 4.69) is 9.80 Å². The molecule has 4 nitrogen and oxygen atoms in total. The predicted molar refractivity (Wildman–Crippen MR) is 123 cm³/mol. The first-order valence-electron chi connectivity index (χ1n) is 10.4. The van der Waals surface area contributed by atoms with Crippen molar-refractivity contribution in [2.45, 2.75) is 12.6 Å². The van der Waals surface area contributed by atoms with Crippen LogP contribution in [0.3, 0.4) is 0 Å². The minimum atomic E-state index is -0.829. The Morgan fingerprint density at radius 1 is 0.906 bits per heavy atom. The van der Waals surface area contributed by atoms with E-state index in [1.807, 2.05) is 42.5 Å². The number of halogens is 3. The van der Waals surface area contributed by atoms with Crippen molar-refractivity contribution in [1.29, 1.82) is 0 Å². The highest BCUT2D eigenvalue weighted by Gasteiger charge is 2.30. The Labute approximate surface area is 191 Å². The highest BCUT2D eigenvalue weighted by Crippen LogP contribution is 2.39. The van der Waals surface area contributed by atoms with Crippen molar-refractivity contribution in [3.8, 4) is 11.5 Å². The Hall–Kier alpha value is -2.83. The van der Waals surface area contributed by atoms with Crippen LogP contribution >= 0.6 is 11.6 Å². The number of piperazine rings is 1. The van der Waals surface area contributed by atoms with Crippen molar-refractivity contribution in [2.24, 2.45) is 0 Å². The van der Waals surface area contributed by atoms with E-state index in [4.69, 9.17) is 21.1 Å². The van der Waals surface area contributed by atoms with E-state index in [9.17, 15) is 8.78 Å². The molecule has 0 aliphatic carbocycles. The molecular weight excluding hydrogens is 434 g/mol. The van der Waals surface area contributed by atoms with Gasteiger partial charge < -0.3 is 14.4 Å². The molecule has 0 radical (unpaired) electrons. The molecule has 1 heterocycles. The molecule has 1 fully saturated rings. The van der Waals surface area contributed by atoms with Crippen molar-refractivity contribution < 1.29 is 18.3 Å². The van der Waals surface area contributed by atoms with Crippen LogP contribution in [0.2, 0.25) is 5.02 Å². The van der Waals surface area contributed by atoms with Crippen LogP contribution in [-0.4, -0.2) is 38.8 Å². The lowest BCUT2D eigenvalue weighted by Crippen LogP contribution is -2.48. The molecule has 168 valence electrons. The fraction of sp³-hybridized carbons (Fsp3) is 0.280. The molecule has 7 heteroatoms. The van der Waals surface area contributed by atoms with Gasteiger partial charge in [-0.15, -0.1) is 0 Å². The van der Waals surface area contributed by atoms with E-state index < -0.39 is 11.6 Å². The molecule has 3 aromatic carbocycles. The molecule has 32 heavy (non-hydrogen) atoms. The van der Waals surface area contributed by atoms with Gasteiger partial charge in [-0.25, -0.2) is 8.78 Å². The summed E-state index contributed by atoms with van der Waals surface area (Å²) in [5.41, 5.74) is 2.83. The van der Waals surface area contributed by atoms with Crippen molar-refractivity contribution in [3.63, 3.8) is 0 Å². The Morgan fingerprint density at radius 2 is 1.69 bits per heavy atom. The van der Waals surface area contributed by atoms with Gasteiger partial charge >= 0.3 is 0 Å². The van der Waals surface area contributed by atoms with Crippen molar-refractivity contribution in [3.05, 3.63) is 88.4 Å². The van der Waals surface area contributed by atoms with Gasteiger partial charge in [-0.1, -0.05) is 29.8 Å². The summed E-state index contributed by atoms with van der Waals surface area (Å²) in [5.74, 6) is -0.189. The first kappa shape index (κ1) is 22.4. The number of benzene rings is 3. The van der Waals surface area contributed by atoms with Gasteiger partial charge in [-0.2, -0.15) is 0 Å². The van der Waals surface area contributed by atoms with E-state index in [1.54, 1.807) is 20.3 Å². The third-order valence-corrected chi connectivity index (χ3v) is 6.06. The zero-order valence-corrected chi connectivity index (χ0v) is 18.8. The highest BCUT2D eigenvalue weighted by atomic mass is 35.5. The molecule has 1 unspecified atom stereocenters. The Morgan fingerprint density at radius 3 is 2.38 bits per heavy atom. The molecule has 0 amide bonds.